The predicted octanol–water partition coefficient (Wildman–Crippen LogP) is 1.65. The number of nitrogens with zero attached hydrogens (tertiary/aromatic N) is 2. The summed E-state index contributed by atoms with van der Waals surface area (Å²) in [5.41, 5.74) is 6.83. The number of para-hydroxylation sites is 2. The van der Waals surface area contributed by atoms with Gasteiger partial charge >= 0.3 is 0 Å². The van der Waals surface area contributed by atoms with Crippen molar-refractivity contribution in [3.63, 3.8) is 0 Å². The number of hydrazine groups is 1. The molecule has 0 fully saturated rings. The van der Waals surface area contributed by atoms with Crippen molar-refractivity contribution < 1.29 is 19.1 Å². The molecule has 30 heavy (non-hydrogen) atoms. The summed E-state index contributed by atoms with van der Waals surface area (Å²) in [6.07, 6.45) is 0.157. The number of carbonyl (C=O) groups is 3. The van der Waals surface area contributed by atoms with Gasteiger partial charge in [0.05, 0.1) is 24.4 Å². The number of ether oxygens (including phenoxy) is 1. The van der Waals surface area contributed by atoms with Crippen LogP contribution in [-0.2, 0) is 9.59 Å². The van der Waals surface area contributed by atoms with E-state index in [1.54, 1.807) is 30.3 Å². The van der Waals surface area contributed by atoms with Crippen molar-refractivity contribution in [3.8, 4) is 17.0 Å². The van der Waals surface area contributed by atoms with E-state index in [0.29, 0.717) is 17.1 Å². The zero-order valence-corrected chi connectivity index (χ0v) is 15.9. The van der Waals surface area contributed by atoms with E-state index >= 15 is 0 Å². The monoisotopic (exact) mass is 405 g/mol. The lowest BCUT2D eigenvalue weighted by Gasteiger charge is -2.21. The number of rotatable bonds is 4. The molecule has 4 rings (SSSR count). The number of aromatic amines is 1. The van der Waals surface area contributed by atoms with Crippen LogP contribution in [0.15, 0.2) is 60.7 Å². The van der Waals surface area contributed by atoms with E-state index in [0.717, 1.165) is 5.56 Å². The smallest absolute Gasteiger partial charge is 0.287 e. The fourth-order valence-corrected chi connectivity index (χ4v) is 3.06. The number of aromatic nitrogens is 2. The summed E-state index contributed by atoms with van der Waals surface area (Å²) in [6, 6.07) is 18.0. The number of anilines is 1. The first-order chi connectivity index (χ1) is 14.6. The van der Waals surface area contributed by atoms with E-state index in [4.69, 9.17) is 4.74 Å². The third kappa shape index (κ3) is 4.14. The second-order valence-electron chi connectivity index (χ2n) is 6.58. The van der Waals surface area contributed by atoms with Crippen molar-refractivity contribution >= 4 is 23.4 Å². The average molecular weight is 405 g/mol. The minimum atomic E-state index is -0.552. The summed E-state index contributed by atoms with van der Waals surface area (Å²) in [4.78, 5) is 38.4. The number of hydrogen-bond donors (Lipinski definition) is 3. The summed E-state index contributed by atoms with van der Waals surface area (Å²) >= 11 is 0. The van der Waals surface area contributed by atoms with Crippen LogP contribution in [0.2, 0.25) is 0 Å². The van der Waals surface area contributed by atoms with E-state index in [9.17, 15) is 14.4 Å². The van der Waals surface area contributed by atoms with E-state index < -0.39 is 11.8 Å². The Morgan fingerprint density at radius 3 is 2.67 bits per heavy atom. The normalized spacial score (nSPS) is 13.1. The highest BCUT2D eigenvalue weighted by atomic mass is 16.5. The number of nitrogens with one attached hydrogen (secondary N) is 3. The Morgan fingerprint density at radius 1 is 1.07 bits per heavy atom. The molecule has 1 aromatic heterocycles. The number of hydrogen-bond acceptors (Lipinski definition) is 5. The first-order valence-corrected chi connectivity index (χ1v) is 9.34. The summed E-state index contributed by atoms with van der Waals surface area (Å²) in [6.45, 7) is -0.00793. The highest BCUT2D eigenvalue weighted by Crippen LogP contribution is 2.30. The molecule has 0 aliphatic carbocycles. The van der Waals surface area contributed by atoms with Gasteiger partial charge in [-0.3, -0.25) is 35.2 Å². The third-order valence-corrected chi connectivity index (χ3v) is 4.54. The minimum absolute atomic E-state index is 0.157. The van der Waals surface area contributed by atoms with Crippen molar-refractivity contribution in [2.75, 3.05) is 18.1 Å². The van der Waals surface area contributed by atoms with Crippen molar-refractivity contribution in [2.24, 2.45) is 0 Å². The molecule has 9 nitrogen and oxygen atoms in total. The van der Waals surface area contributed by atoms with Gasteiger partial charge in [0.1, 0.15) is 18.0 Å². The Labute approximate surface area is 172 Å². The first kappa shape index (κ1) is 19.2. The van der Waals surface area contributed by atoms with E-state index in [1.807, 2.05) is 30.3 Å². The molecular formula is C21H19N5O4. The van der Waals surface area contributed by atoms with Crippen LogP contribution in [0.25, 0.3) is 11.3 Å². The number of amides is 3. The average Bonchev–Trinajstić information content (AvgIpc) is 3.21. The number of H-pyrrole nitrogens is 1. The fourth-order valence-electron chi connectivity index (χ4n) is 3.06. The molecule has 1 aliphatic heterocycles. The van der Waals surface area contributed by atoms with Gasteiger partial charge in [-0.25, -0.2) is 0 Å². The van der Waals surface area contributed by atoms with Crippen molar-refractivity contribution in [1.29, 1.82) is 0 Å². The van der Waals surface area contributed by atoms with Crippen LogP contribution >= 0.6 is 0 Å². The highest BCUT2D eigenvalue weighted by molar-refractivity contribution is 6.01. The zero-order chi connectivity index (χ0) is 20.9. The zero-order valence-electron chi connectivity index (χ0n) is 15.9. The molecule has 0 atom stereocenters. The SMILES string of the molecule is O=C(CN1C(=O)CCOc2ccccc21)NNC(=O)c1cc(-c2ccccc2)n[nH]1. The maximum Gasteiger partial charge on any atom is 0.287 e. The molecule has 2 aromatic carbocycles. The van der Waals surface area contributed by atoms with Crippen LogP contribution in [0.1, 0.15) is 16.9 Å². The summed E-state index contributed by atoms with van der Waals surface area (Å²) < 4.78 is 5.55. The van der Waals surface area contributed by atoms with Gasteiger partial charge in [-0.2, -0.15) is 5.10 Å². The van der Waals surface area contributed by atoms with Gasteiger partial charge in [-0.1, -0.05) is 42.5 Å². The van der Waals surface area contributed by atoms with Gasteiger partial charge in [0, 0.05) is 5.56 Å². The lowest BCUT2D eigenvalue weighted by atomic mass is 10.1. The van der Waals surface area contributed by atoms with Crippen LogP contribution in [0.3, 0.4) is 0 Å². The molecule has 0 spiro atoms. The molecule has 2 heterocycles. The van der Waals surface area contributed by atoms with Crippen LogP contribution in [0.5, 0.6) is 5.75 Å². The molecule has 0 saturated carbocycles. The molecule has 1 aliphatic rings. The molecule has 3 aromatic rings. The lowest BCUT2D eigenvalue weighted by Crippen LogP contribution is -2.47. The largest absolute Gasteiger partial charge is 0.491 e. The maximum atomic E-state index is 12.4. The fraction of sp³-hybridized carbons (Fsp3) is 0.143. The topological polar surface area (TPSA) is 116 Å². The van der Waals surface area contributed by atoms with Gasteiger partial charge in [-0.05, 0) is 18.2 Å². The highest BCUT2D eigenvalue weighted by Gasteiger charge is 2.25. The molecule has 3 N–H and O–H groups in total. The van der Waals surface area contributed by atoms with Crippen LogP contribution in [-0.4, -0.2) is 41.1 Å². The molecule has 0 bridgehead atoms. The molecule has 3 amide bonds. The Balaban J connectivity index is 1.38. The Kier molecular flexibility index (Phi) is 5.42. The molecule has 0 radical (unpaired) electrons. The minimum Gasteiger partial charge on any atom is -0.491 e. The van der Waals surface area contributed by atoms with Gasteiger partial charge in [0.15, 0.2) is 0 Å². The van der Waals surface area contributed by atoms with Crippen molar-refractivity contribution in [1.82, 2.24) is 21.0 Å². The molecule has 0 saturated heterocycles. The molecule has 0 unspecified atom stereocenters. The number of benzene rings is 2. The summed E-state index contributed by atoms with van der Waals surface area (Å²) in [7, 11) is 0. The second-order valence-corrected chi connectivity index (χ2v) is 6.58. The van der Waals surface area contributed by atoms with Crippen LogP contribution in [0.4, 0.5) is 5.69 Å². The van der Waals surface area contributed by atoms with Gasteiger partial charge in [-0.15, -0.1) is 0 Å². The predicted molar refractivity (Wildman–Crippen MR) is 109 cm³/mol. The quantitative estimate of drug-likeness (QED) is 0.571. The Morgan fingerprint density at radius 2 is 1.83 bits per heavy atom. The summed E-state index contributed by atoms with van der Waals surface area (Å²) in [5, 5.41) is 6.75. The third-order valence-electron chi connectivity index (χ3n) is 4.54. The lowest BCUT2D eigenvalue weighted by molar-refractivity contribution is -0.124. The van der Waals surface area contributed by atoms with Gasteiger partial charge in [0.2, 0.25) is 5.91 Å². The molecule has 9 heteroatoms. The van der Waals surface area contributed by atoms with Crippen molar-refractivity contribution in [2.45, 2.75) is 6.42 Å². The van der Waals surface area contributed by atoms with Crippen LogP contribution in [0, 0.1) is 0 Å². The number of fused-ring (bicyclic) bond motifs is 1. The van der Waals surface area contributed by atoms with Crippen molar-refractivity contribution in [3.05, 3.63) is 66.4 Å². The molecular weight excluding hydrogens is 386 g/mol. The second kappa shape index (κ2) is 8.48. The van der Waals surface area contributed by atoms with Gasteiger partial charge < -0.3 is 4.74 Å². The maximum absolute atomic E-state index is 12.4. The van der Waals surface area contributed by atoms with Crippen LogP contribution < -0.4 is 20.5 Å². The summed E-state index contributed by atoms with van der Waals surface area (Å²) in [5.74, 6) is -0.797. The Hall–Kier alpha value is -4.14. The molecule has 152 valence electrons. The van der Waals surface area contributed by atoms with Gasteiger partial charge in [0.25, 0.3) is 11.8 Å². The Bertz CT molecular complexity index is 1080. The van der Waals surface area contributed by atoms with E-state index in [-0.39, 0.29) is 31.2 Å². The standard InChI is InChI=1S/C21H19N5O4/c27-19(13-26-17-8-4-5-9-18(17)30-11-10-20(26)28)24-25-21(29)16-12-15(22-23-16)14-6-2-1-3-7-14/h1-9,12H,10-11,13H2,(H,22,23)(H,24,27)(H,25,29). The van der Waals surface area contributed by atoms with E-state index in [1.165, 1.54) is 4.90 Å². The first-order valence-electron chi connectivity index (χ1n) is 9.34. The van der Waals surface area contributed by atoms with E-state index in [2.05, 4.69) is 21.0 Å². The number of carbonyl (C=O) groups excluding carboxylic acids is 3.